The molecule has 108 valence electrons. The average molecular weight is 345 g/mol. The summed E-state index contributed by atoms with van der Waals surface area (Å²) in [5, 5.41) is 2.94. The molecule has 0 radical (unpaired) electrons. The highest BCUT2D eigenvalue weighted by Gasteiger charge is 2.24. The highest BCUT2D eigenvalue weighted by Crippen LogP contribution is 2.38. The maximum atomic E-state index is 11.9. The summed E-state index contributed by atoms with van der Waals surface area (Å²) in [6.45, 7) is 0.535. The topological polar surface area (TPSA) is 42.0 Å². The fourth-order valence-electron chi connectivity index (χ4n) is 2.21. The Morgan fingerprint density at radius 3 is 2.48 bits per heavy atom. The molecule has 0 atom stereocenters. The standard InChI is InChI=1S/C17H17BrN2O/c18-15-6-1-12(2-7-15)9-17(21)20-11-13-3-8-16(19-10-13)14-4-5-14/h1-3,6-8,10,14H,4-5,9,11H2,(H,20,21). The van der Waals surface area contributed by atoms with E-state index in [1.807, 2.05) is 30.5 Å². The first-order valence-electron chi connectivity index (χ1n) is 7.17. The van der Waals surface area contributed by atoms with Crippen LogP contribution in [0.15, 0.2) is 47.1 Å². The van der Waals surface area contributed by atoms with E-state index in [0.717, 1.165) is 15.6 Å². The molecule has 4 heteroatoms. The van der Waals surface area contributed by atoms with Gasteiger partial charge in [0.1, 0.15) is 0 Å². The van der Waals surface area contributed by atoms with Crippen molar-refractivity contribution in [1.82, 2.24) is 10.3 Å². The Morgan fingerprint density at radius 1 is 1.14 bits per heavy atom. The molecular formula is C17H17BrN2O. The van der Waals surface area contributed by atoms with Crippen LogP contribution in [0.1, 0.15) is 35.6 Å². The lowest BCUT2D eigenvalue weighted by Crippen LogP contribution is -2.24. The van der Waals surface area contributed by atoms with Gasteiger partial charge < -0.3 is 5.32 Å². The molecule has 3 nitrogen and oxygen atoms in total. The minimum absolute atomic E-state index is 0.0311. The lowest BCUT2D eigenvalue weighted by Gasteiger charge is -2.06. The summed E-state index contributed by atoms with van der Waals surface area (Å²) < 4.78 is 1.02. The molecule has 0 bridgehead atoms. The number of benzene rings is 1. The number of hydrogen-bond acceptors (Lipinski definition) is 2. The van der Waals surface area contributed by atoms with E-state index in [2.05, 4.69) is 38.4 Å². The van der Waals surface area contributed by atoms with Crippen molar-refractivity contribution in [2.75, 3.05) is 0 Å². The predicted molar refractivity (Wildman–Crippen MR) is 85.9 cm³/mol. The molecule has 1 aromatic carbocycles. The minimum atomic E-state index is 0.0311. The first kappa shape index (κ1) is 14.3. The molecule has 1 aromatic heterocycles. The Kier molecular flexibility index (Phi) is 4.34. The number of aromatic nitrogens is 1. The highest BCUT2D eigenvalue weighted by molar-refractivity contribution is 9.10. The molecule has 1 fully saturated rings. The third-order valence-electron chi connectivity index (χ3n) is 3.61. The second kappa shape index (κ2) is 6.39. The zero-order chi connectivity index (χ0) is 14.7. The van der Waals surface area contributed by atoms with E-state index in [0.29, 0.717) is 18.9 Å². The first-order chi connectivity index (χ1) is 10.2. The Balaban J connectivity index is 1.49. The first-order valence-corrected chi connectivity index (χ1v) is 7.96. The van der Waals surface area contributed by atoms with Gasteiger partial charge in [-0.1, -0.05) is 34.1 Å². The van der Waals surface area contributed by atoms with E-state index in [9.17, 15) is 4.79 Å². The van der Waals surface area contributed by atoms with Crippen molar-refractivity contribution < 1.29 is 4.79 Å². The van der Waals surface area contributed by atoms with Crippen LogP contribution in [0.2, 0.25) is 0 Å². The number of carbonyl (C=O) groups is 1. The summed E-state index contributed by atoms with van der Waals surface area (Å²) in [5.41, 5.74) is 3.24. The van der Waals surface area contributed by atoms with Gasteiger partial charge in [-0.25, -0.2) is 0 Å². The Bertz CT molecular complexity index is 618. The number of nitrogens with one attached hydrogen (secondary N) is 1. The van der Waals surface area contributed by atoms with Crippen LogP contribution in [-0.2, 0) is 17.8 Å². The van der Waals surface area contributed by atoms with Gasteiger partial charge >= 0.3 is 0 Å². The van der Waals surface area contributed by atoms with Gasteiger partial charge in [-0.05, 0) is 42.2 Å². The second-order valence-corrected chi connectivity index (χ2v) is 6.36. The molecule has 0 aliphatic heterocycles. The lowest BCUT2D eigenvalue weighted by molar-refractivity contribution is -0.120. The van der Waals surface area contributed by atoms with E-state index >= 15 is 0 Å². The monoisotopic (exact) mass is 344 g/mol. The number of halogens is 1. The van der Waals surface area contributed by atoms with Crippen LogP contribution in [0.3, 0.4) is 0 Å². The van der Waals surface area contributed by atoms with Crippen LogP contribution < -0.4 is 5.32 Å². The van der Waals surface area contributed by atoms with Crippen LogP contribution in [0.5, 0.6) is 0 Å². The zero-order valence-corrected chi connectivity index (χ0v) is 13.3. The summed E-state index contributed by atoms with van der Waals surface area (Å²) >= 11 is 3.39. The molecule has 1 N–H and O–H groups in total. The van der Waals surface area contributed by atoms with Gasteiger partial charge in [0.2, 0.25) is 5.91 Å². The normalized spacial score (nSPS) is 14.0. The molecule has 2 aromatic rings. The van der Waals surface area contributed by atoms with Crippen molar-refractivity contribution in [3.8, 4) is 0 Å². The van der Waals surface area contributed by atoms with Crippen molar-refractivity contribution in [2.45, 2.75) is 31.7 Å². The maximum Gasteiger partial charge on any atom is 0.224 e. The second-order valence-electron chi connectivity index (χ2n) is 5.45. The largest absolute Gasteiger partial charge is 0.352 e. The van der Waals surface area contributed by atoms with E-state index in [4.69, 9.17) is 0 Å². The van der Waals surface area contributed by atoms with Gasteiger partial charge in [0.15, 0.2) is 0 Å². The number of rotatable bonds is 5. The van der Waals surface area contributed by atoms with Gasteiger partial charge in [-0.15, -0.1) is 0 Å². The zero-order valence-electron chi connectivity index (χ0n) is 11.7. The summed E-state index contributed by atoms with van der Waals surface area (Å²) in [6, 6.07) is 11.9. The van der Waals surface area contributed by atoms with E-state index in [1.165, 1.54) is 18.5 Å². The summed E-state index contributed by atoms with van der Waals surface area (Å²) in [4.78, 5) is 16.4. The molecular weight excluding hydrogens is 328 g/mol. The maximum absolute atomic E-state index is 11.9. The van der Waals surface area contributed by atoms with Crippen LogP contribution >= 0.6 is 15.9 Å². The quantitative estimate of drug-likeness (QED) is 0.900. The van der Waals surface area contributed by atoms with Crippen LogP contribution in [0.4, 0.5) is 0 Å². The number of carbonyl (C=O) groups excluding carboxylic acids is 1. The Morgan fingerprint density at radius 2 is 1.86 bits per heavy atom. The third kappa shape index (κ3) is 4.14. The molecule has 1 aliphatic rings. The van der Waals surface area contributed by atoms with E-state index in [1.54, 1.807) is 0 Å². The van der Waals surface area contributed by atoms with Crippen LogP contribution in [0.25, 0.3) is 0 Å². The van der Waals surface area contributed by atoms with E-state index < -0.39 is 0 Å². The summed E-state index contributed by atoms with van der Waals surface area (Å²) in [7, 11) is 0. The summed E-state index contributed by atoms with van der Waals surface area (Å²) in [6.07, 6.45) is 4.79. The fourth-order valence-corrected chi connectivity index (χ4v) is 2.48. The summed E-state index contributed by atoms with van der Waals surface area (Å²) in [5.74, 6) is 0.703. The Hall–Kier alpha value is -1.68. The molecule has 1 saturated carbocycles. The number of amides is 1. The highest BCUT2D eigenvalue weighted by atomic mass is 79.9. The lowest BCUT2D eigenvalue weighted by atomic mass is 10.1. The molecule has 21 heavy (non-hydrogen) atoms. The molecule has 1 heterocycles. The molecule has 0 spiro atoms. The van der Waals surface area contributed by atoms with Crippen molar-refractivity contribution in [3.05, 3.63) is 63.9 Å². The molecule has 1 aliphatic carbocycles. The molecule has 1 amide bonds. The molecule has 0 saturated heterocycles. The Labute approximate surface area is 132 Å². The number of nitrogens with zero attached hydrogens (tertiary/aromatic N) is 1. The van der Waals surface area contributed by atoms with Gasteiger partial charge in [0.25, 0.3) is 0 Å². The van der Waals surface area contributed by atoms with Gasteiger partial charge in [0, 0.05) is 28.8 Å². The van der Waals surface area contributed by atoms with Crippen molar-refractivity contribution in [1.29, 1.82) is 0 Å². The average Bonchev–Trinajstić information content (AvgIpc) is 3.33. The third-order valence-corrected chi connectivity index (χ3v) is 4.14. The minimum Gasteiger partial charge on any atom is -0.352 e. The van der Waals surface area contributed by atoms with Crippen molar-refractivity contribution in [3.63, 3.8) is 0 Å². The SMILES string of the molecule is O=C(Cc1ccc(Br)cc1)NCc1ccc(C2CC2)nc1. The van der Waals surface area contributed by atoms with Gasteiger partial charge in [-0.2, -0.15) is 0 Å². The molecule has 3 rings (SSSR count). The molecule has 0 unspecified atom stereocenters. The number of hydrogen-bond donors (Lipinski definition) is 1. The van der Waals surface area contributed by atoms with Gasteiger partial charge in [0.05, 0.1) is 6.42 Å². The van der Waals surface area contributed by atoms with Crippen LogP contribution in [0, 0.1) is 0 Å². The predicted octanol–water partition coefficient (Wildman–Crippen LogP) is 3.58. The van der Waals surface area contributed by atoms with E-state index in [-0.39, 0.29) is 5.91 Å². The fraction of sp³-hybridized carbons (Fsp3) is 0.294. The van der Waals surface area contributed by atoms with Gasteiger partial charge in [-0.3, -0.25) is 9.78 Å². The smallest absolute Gasteiger partial charge is 0.224 e. The van der Waals surface area contributed by atoms with Crippen LogP contribution in [-0.4, -0.2) is 10.9 Å². The van der Waals surface area contributed by atoms with Crippen molar-refractivity contribution in [2.24, 2.45) is 0 Å². The number of pyridine rings is 1. The van der Waals surface area contributed by atoms with Crippen molar-refractivity contribution >= 4 is 21.8 Å².